The molecule has 0 heterocycles. The van der Waals surface area contributed by atoms with E-state index in [1.54, 1.807) is 0 Å². The molecule has 0 atom stereocenters. The Hall–Kier alpha value is -4.55. The number of carbonyl (C=O) groups excluding carboxylic acids is 1. The minimum atomic E-state index is -5.26. The number of nitrogens with zero attached hydrogens (tertiary/aromatic N) is 7. The first kappa shape index (κ1) is 54.8. The molecule has 28 heteroatoms. The molecule has 0 aromatic heterocycles. The SMILES string of the molecule is CC(=O)Nc1cc([O-])ccc1N=Nc1ccc(N=C([O-])c2ccc(N=Nc3c(S(=O)(=O)O)cc4cc(S(=O)(=O)O)c(N=Nc5ccc(S(=O)(=O)O)cc5)c([O-])c4c3N)cc2)cc1.[Na+].[Na+].[Na+]. The molecule has 0 aliphatic carbocycles. The molecule has 0 radical (unpaired) electrons. The number of nitrogen functional groups attached to an aromatic ring is 1. The van der Waals surface area contributed by atoms with Gasteiger partial charge in [0.15, 0.2) is 0 Å². The molecule has 0 fully saturated rings. The summed E-state index contributed by atoms with van der Waals surface area (Å²) in [6.45, 7) is 1.28. The summed E-state index contributed by atoms with van der Waals surface area (Å²) in [5, 5.41) is 63.0. The van der Waals surface area contributed by atoms with E-state index in [0.717, 1.165) is 24.3 Å². The van der Waals surface area contributed by atoms with Crippen LogP contribution in [0.2, 0.25) is 0 Å². The Kier molecular flexibility index (Phi) is 18.8. The standard InChI is InChI=1S/C37H29N9O13S3.3Na/c1-19(47)39-29-18-26(48)12-15-28(29)44-41-24-8-6-22(7-9-24)40-37(50)20-2-4-23(5-3-20)42-45-34-30(61(54,55)56)16-21-17-31(62(57,58)59)35(36(49)32(21)33(34)38)46-43-25-10-13-27(14-11-25)60(51,52)53;;;/h2-18,48-49H,38H2,1H3,(H,39,47)(H,40,50)(H,51,52,53)(H,54,55,56)(H,57,58,59);;;/q;3*+1/p-3. The Labute approximate surface area is 435 Å². The minimum absolute atomic E-state index is 0. The summed E-state index contributed by atoms with van der Waals surface area (Å²) in [5.41, 5.74) is 4.73. The van der Waals surface area contributed by atoms with Crippen molar-refractivity contribution in [2.24, 2.45) is 35.7 Å². The van der Waals surface area contributed by atoms with E-state index in [-0.39, 0.29) is 128 Å². The summed E-state index contributed by atoms with van der Waals surface area (Å²) in [7, 11) is -15.0. The van der Waals surface area contributed by atoms with Crippen molar-refractivity contribution >= 4 is 104 Å². The number of aliphatic imine (C=N–C) groups is 1. The van der Waals surface area contributed by atoms with Crippen LogP contribution in [0, 0.1) is 0 Å². The van der Waals surface area contributed by atoms with Crippen LogP contribution in [-0.2, 0) is 35.1 Å². The Bertz CT molecular complexity index is 3250. The molecule has 6 rings (SSSR count). The van der Waals surface area contributed by atoms with Gasteiger partial charge in [-0.15, -0.1) is 21.1 Å². The number of anilines is 2. The van der Waals surface area contributed by atoms with Gasteiger partial charge in [0.2, 0.25) is 5.91 Å². The fraction of sp³-hybridized carbons (Fsp3) is 0.0270. The molecular weight excluding hydrogens is 944 g/mol. The third-order valence-electron chi connectivity index (χ3n) is 8.26. The molecule has 0 saturated carbocycles. The summed E-state index contributed by atoms with van der Waals surface area (Å²) in [5.74, 6) is -2.71. The van der Waals surface area contributed by atoms with E-state index in [1.807, 2.05) is 0 Å². The monoisotopic (exact) mass is 969 g/mol. The van der Waals surface area contributed by atoms with Crippen LogP contribution >= 0.6 is 0 Å². The van der Waals surface area contributed by atoms with Crippen molar-refractivity contribution < 1.29 is 148 Å². The smallest absolute Gasteiger partial charge is 0.872 e. The Morgan fingerprint density at radius 1 is 0.600 bits per heavy atom. The van der Waals surface area contributed by atoms with E-state index in [4.69, 9.17) is 5.73 Å². The average Bonchev–Trinajstić information content (AvgIpc) is 3.19. The topological polar surface area (TPSA) is 374 Å². The first-order valence-electron chi connectivity index (χ1n) is 17.0. The van der Waals surface area contributed by atoms with Crippen molar-refractivity contribution in [3.8, 4) is 11.5 Å². The van der Waals surface area contributed by atoms with E-state index >= 15 is 0 Å². The second kappa shape index (κ2) is 22.3. The molecule has 6 aromatic carbocycles. The van der Waals surface area contributed by atoms with Crippen molar-refractivity contribution in [2.45, 2.75) is 21.6 Å². The summed E-state index contributed by atoms with van der Waals surface area (Å²) in [4.78, 5) is 12.9. The quantitative estimate of drug-likeness (QED) is 0.0203. The van der Waals surface area contributed by atoms with Crippen molar-refractivity contribution in [3.05, 3.63) is 109 Å². The Morgan fingerprint density at radius 3 is 1.57 bits per heavy atom. The summed E-state index contributed by atoms with van der Waals surface area (Å²) in [6.07, 6.45) is 0. The number of benzene rings is 6. The molecule has 65 heavy (non-hydrogen) atoms. The molecule has 1 amide bonds. The zero-order valence-electron chi connectivity index (χ0n) is 34.2. The van der Waals surface area contributed by atoms with Crippen LogP contribution in [0.3, 0.4) is 0 Å². The molecule has 0 bridgehead atoms. The molecular formula is C37H26N9Na3O13S3. The molecule has 0 unspecified atom stereocenters. The number of carbonyl (C=O) groups is 1. The van der Waals surface area contributed by atoms with Gasteiger partial charge in [-0.1, -0.05) is 23.9 Å². The fourth-order valence-electron chi connectivity index (χ4n) is 5.44. The van der Waals surface area contributed by atoms with Crippen molar-refractivity contribution in [3.63, 3.8) is 0 Å². The number of fused-ring (bicyclic) bond motifs is 1. The number of amides is 1. The van der Waals surface area contributed by atoms with Crippen molar-refractivity contribution in [2.75, 3.05) is 11.1 Å². The summed E-state index contributed by atoms with van der Waals surface area (Å²) >= 11 is 0. The molecule has 0 saturated heterocycles. The first-order chi connectivity index (χ1) is 29.1. The molecule has 0 spiro atoms. The van der Waals surface area contributed by atoms with Crippen LogP contribution in [0.15, 0.2) is 153 Å². The number of azo groups is 3. The van der Waals surface area contributed by atoms with E-state index in [1.165, 1.54) is 73.7 Å². The van der Waals surface area contributed by atoms with E-state index in [2.05, 4.69) is 41.0 Å². The summed E-state index contributed by atoms with van der Waals surface area (Å²) < 4.78 is 101. The second-order valence-corrected chi connectivity index (χ2v) is 16.8. The zero-order chi connectivity index (χ0) is 45.1. The number of hydrogen-bond donors (Lipinski definition) is 5. The normalized spacial score (nSPS) is 12.2. The molecule has 318 valence electrons. The minimum Gasteiger partial charge on any atom is -0.872 e. The van der Waals surface area contributed by atoms with Gasteiger partial charge in [0.05, 0.1) is 44.7 Å². The maximum Gasteiger partial charge on any atom is 1.00 e. The average molecular weight is 970 g/mol. The number of nitrogens with one attached hydrogen (secondary N) is 1. The van der Waals surface area contributed by atoms with Gasteiger partial charge in [0, 0.05) is 12.3 Å². The van der Waals surface area contributed by atoms with Gasteiger partial charge in [0.25, 0.3) is 30.4 Å². The molecule has 6 aromatic rings. The summed E-state index contributed by atoms with van der Waals surface area (Å²) in [6, 6.07) is 20.4. The number of nitrogens with two attached hydrogens (primary N) is 1. The van der Waals surface area contributed by atoms with Gasteiger partial charge in [-0.2, -0.15) is 40.6 Å². The van der Waals surface area contributed by atoms with Gasteiger partial charge >= 0.3 is 88.7 Å². The van der Waals surface area contributed by atoms with Crippen LogP contribution in [0.5, 0.6) is 11.5 Å². The Balaban J connectivity index is 0.00000374. The van der Waals surface area contributed by atoms with Gasteiger partial charge in [-0.3, -0.25) is 23.4 Å². The van der Waals surface area contributed by atoms with Crippen LogP contribution in [0.4, 0.5) is 51.2 Å². The van der Waals surface area contributed by atoms with Gasteiger partial charge in [-0.25, -0.2) is 0 Å². The van der Waals surface area contributed by atoms with Crippen molar-refractivity contribution in [1.82, 2.24) is 0 Å². The molecule has 22 nitrogen and oxygen atoms in total. The maximum atomic E-state index is 13.7. The fourth-order valence-corrected chi connectivity index (χ4v) is 7.24. The number of hydrogen-bond acceptors (Lipinski definition) is 18. The maximum absolute atomic E-state index is 13.7. The van der Waals surface area contributed by atoms with Crippen LogP contribution < -0.4 is 115 Å². The van der Waals surface area contributed by atoms with Crippen LogP contribution in [-0.4, -0.2) is 50.7 Å². The Morgan fingerprint density at radius 2 is 1.06 bits per heavy atom. The zero-order valence-corrected chi connectivity index (χ0v) is 42.6. The van der Waals surface area contributed by atoms with Gasteiger partial charge < -0.3 is 26.4 Å². The third kappa shape index (κ3) is 13.8. The largest absolute Gasteiger partial charge is 1.00 e. The predicted octanol–water partition coefficient (Wildman–Crippen LogP) is -3.04. The van der Waals surface area contributed by atoms with Crippen molar-refractivity contribution in [1.29, 1.82) is 0 Å². The van der Waals surface area contributed by atoms with Crippen LogP contribution in [0.1, 0.15) is 12.5 Å². The van der Waals surface area contributed by atoms with E-state index < -0.39 is 90.4 Å². The molecule has 0 aliphatic rings. The third-order valence-corrected chi connectivity index (χ3v) is 10.9. The predicted molar refractivity (Wildman–Crippen MR) is 215 cm³/mol. The van der Waals surface area contributed by atoms with Crippen LogP contribution in [0.25, 0.3) is 10.8 Å². The molecule has 6 N–H and O–H groups in total. The first-order valence-corrected chi connectivity index (χ1v) is 21.3. The van der Waals surface area contributed by atoms with Gasteiger partial charge in [0.1, 0.15) is 21.2 Å². The second-order valence-electron chi connectivity index (χ2n) is 12.6. The number of rotatable bonds is 12. The van der Waals surface area contributed by atoms with Gasteiger partial charge in [-0.05, 0) is 102 Å². The van der Waals surface area contributed by atoms with E-state index in [9.17, 15) is 59.0 Å². The van der Waals surface area contributed by atoms with E-state index in [0.29, 0.717) is 17.8 Å². The molecule has 0 aliphatic heterocycles.